The zero-order valence-electron chi connectivity index (χ0n) is 7.38. The summed E-state index contributed by atoms with van der Waals surface area (Å²) in [5.41, 5.74) is 2.72. The van der Waals surface area contributed by atoms with E-state index in [1.54, 1.807) is 7.05 Å². The topological polar surface area (TPSA) is 67.8 Å². The van der Waals surface area contributed by atoms with Gasteiger partial charge in [-0.25, -0.2) is 0 Å². The first kappa shape index (κ1) is 10.6. The number of esters is 1. The van der Waals surface area contributed by atoms with E-state index in [2.05, 4.69) is 15.3 Å². The Morgan fingerprint density at radius 3 is 2.50 bits per heavy atom. The third kappa shape index (κ3) is 3.70. The lowest BCUT2D eigenvalue weighted by molar-refractivity contribution is -0.142. The zero-order chi connectivity index (χ0) is 9.56. The van der Waals surface area contributed by atoms with Crippen LogP contribution >= 0.6 is 0 Å². The van der Waals surface area contributed by atoms with Crippen LogP contribution in [0.3, 0.4) is 0 Å². The van der Waals surface area contributed by atoms with Gasteiger partial charge in [0.05, 0.1) is 7.11 Å². The van der Waals surface area contributed by atoms with Crippen molar-refractivity contribution in [2.75, 3.05) is 14.2 Å². The zero-order valence-corrected chi connectivity index (χ0v) is 7.38. The molecule has 5 nitrogen and oxygen atoms in total. The van der Waals surface area contributed by atoms with Gasteiger partial charge < -0.3 is 10.2 Å². The average Bonchev–Trinajstić information content (AvgIpc) is 2.04. The number of hydrogen-bond acceptors (Lipinski definition) is 5. The molecule has 0 aromatic rings. The van der Waals surface area contributed by atoms with Crippen molar-refractivity contribution >= 4 is 17.5 Å². The summed E-state index contributed by atoms with van der Waals surface area (Å²) in [7, 11) is 2.81. The van der Waals surface area contributed by atoms with E-state index in [0.717, 1.165) is 0 Å². The highest BCUT2D eigenvalue weighted by Gasteiger charge is 2.11. The number of hydrazone groups is 1. The number of hydrogen-bond donors (Lipinski definition) is 1. The maximum absolute atomic E-state index is 11.0. The van der Waals surface area contributed by atoms with Crippen molar-refractivity contribution < 1.29 is 14.3 Å². The van der Waals surface area contributed by atoms with Gasteiger partial charge in [0, 0.05) is 7.05 Å². The fourth-order valence-electron chi connectivity index (χ4n) is 0.561. The number of carbonyl (C=O) groups excluding carboxylic acids is 2. The molecule has 0 atom stereocenters. The number of nitrogens with zero attached hydrogens (tertiary/aromatic N) is 1. The molecule has 0 rings (SSSR count). The number of methoxy groups -OCH3 is 1. The Balaban J connectivity index is 4.04. The Labute approximate surface area is 70.8 Å². The Hall–Kier alpha value is -1.39. The van der Waals surface area contributed by atoms with Gasteiger partial charge >= 0.3 is 5.97 Å². The predicted molar refractivity (Wildman–Crippen MR) is 43.8 cm³/mol. The molecule has 68 valence electrons. The van der Waals surface area contributed by atoms with Gasteiger partial charge in [0.15, 0.2) is 5.78 Å². The molecule has 0 aromatic carbocycles. The number of rotatable bonds is 4. The SMILES string of the molecule is CN/N=C(/C)C(=O)CC(=O)OC. The fraction of sp³-hybridized carbons (Fsp3) is 0.571. The van der Waals surface area contributed by atoms with Crippen LogP contribution in [0.25, 0.3) is 0 Å². The van der Waals surface area contributed by atoms with Crippen LogP contribution in [0.2, 0.25) is 0 Å². The summed E-state index contributed by atoms with van der Waals surface area (Å²) in [4.78, 5) is 21.6. The second kappa shape index (κ2) is 5.29. The summed E-state index contributed by atoms with van der Waals surface area (Å²) in [5, 5.41) is 3.62. The van der Waals surface area contributed by atoms with Gasteiger partial charge in [-0.2, -0.15) is 5.10 Å². The van der Waals surface area contributed by atoms with E-state index in [0.29, 0.717) is 0 Å². The molecule has 1 N–H and O–H groups in total. The minimum Gasteiger partial charge on any atom is -0.469 e. The van der Waals surface area contributed by atoms with Crippen LogP contribution in [0.1, 0.15) is 13.3 Å². The van der Waals surface area contributed by atoms with Crippen LogP contribution in [0.15, 0.2) is 5.10 Å². The Morgan fingerprint density at radius 2 is 2.08 bits per heavy atom. The van der Waals surface area contributed by atoms with E-state index in [1.807, 2.05) is 0 Å². The third-order valence-electron chi connectivity index (χ3n) is 1.22. The van der Waals surface area contributed by atoms with Gasteiger partial charge in [0.1, 0.15) is 12.1 Å². The second-order valence-corrected chi connectivity index (χ2v) is 2.10. The first-order valence-electron chi connectivity index (χ1n) is 3.42. The highest BCUT2D eigenvalue weighted by molar-refractivity contribution is 6.41. The first-order chi connectivity index (χ1) is 5.61. The molecule has 0 radical (unpaired) electrons. The van der Waals surface area contributed by atoms with E-state index in [9.17, 15) is 9.59 Å². The standard InChI is InChI=1S/C7H12N2O3/c1-5(9-8-2)6(10)4-7(11)12-3/h8H,4H2,1-3H3/b9-5-. The molecule has 0 aliphatic carbocycles. The highest BCUT2D eigenvalue weighted by atomic mass is 16.5. The van der Waals surface area contributed by atoms with Gasteiger partial charge in [0.2, 0.25) is 0 Å². The molecule has 5 heteroatoms. The number of Topliss-reactive ketones (excluding diaryl/α,β-unsaturated/α-hetero) is 1. The average molecular weight is 172 g/mol. The summed E-state index contributed by atoms with van der Waals surface area (Å²) in [5.74, 6) is -0.887. The third-order valence-corrected chi connectivity index (χ3v) is 1.22. The minimum atomic E-state index is -0.550. The van der Waals surface area contributed by atoms with Gasteiger partial charge in [0.25, 0.3) is 0 Å². The monoisotopic (exact) mass is 172 g/mol. The van der Waals surface area contributed by atoms with Crippen molar-refractivity contribution in [3.05, 3.63) is 0 Å². The summed E-state index contributed by atoms with van der Waals surface area (Å²) < 4.78 is 4.31. The molecular formula is C7H12N2O3. The van der Waals surface area contributed by atoms with E-state index < -0.39 is 5.97 Å². The van der Waals surface area contributed by atoms with Crippen LogP contribution in [0, 0.1) is 0 Å². The number of carbonyl (C=O) groups is 2. The van der Waals surface area contributed by atoms with E-state index in [1.165, 1.54) is 14.0 Å². The summed E-state index contributed by atoms with van der Waals surface area (Å²) in [6.07, 6.45) is -0.256. The molecule has 0 aliphatic heterocycles. The fourth-order valence-corrected chi connectivity index (χ4v) is 0.561. The summed E-state index contributed by atoms with van der Waals surface area (Å²) >= 11 is 0. The van der Waals surface area contributed by atoms with Gasteiger partial charge in [-0.3, -0.25) is 9.59 Å². The largest absolute Gasteiger partial charge is 0.469 e. The van der Waals surface area contributed by atoms with Crippen molar-refractivity contribution in [1.82, 2.24) is 5.43 Å². The molecule has 0 spiro atoms. The van der Waals surface area contributed by atoms with Crippen molar-refractivity contribution in [3.8, 4) is 0 Å². The minimum absolute atomic E-state index is 0.256. The molecule has 0 heterocycles. The number of nitrogens with one attached hydrogen (secondary N) is 1. The first-order valence-corrected chi connectivity index (χ1v) is 3.42. The smallest absolute Gasteiger partial charge is 0.313 e. The van der Waals surface area contributed by atoms with Gasteiger partial charge in [-0.05, 0) is 6.92 Å². The van der Waals surface area contributed by atoms with Crippen LogP contribution in [0.4, 0.5) is 0 Å². The molecule has 12 heavy (non-hydrogen) atoms. The molecule has 0 unspecified atom stereocenters. The molecule has 0 aliphatic rings. The molecule has 0 fully saturated rings. The van der Waals surface area contributed by atoms with E-state index in [4.69, 9.17) is 0 Å². The van der Waals surface area contributed by atoms with E-state index in [-0.39, 0.29) is 17.9 Å². The lowest BCUT2D eigenvalue weighted by Gasteiger charge is -1.98. The molecule has 0 aromatic heterocycles. The Morgan fingerprint density at radius 1 is 1.50 bits per heavy atom. The second-order valence-electron chi connectivity index (χ2n) is 2.10. The van der Waals surface area contributed by atoms with Crippen molar-refractivity contribution in [2.24, 2.45) is 5.10 Å². The van der Waals surface area contributed by atoms with Crippen LogP contribution in [0.5, 0.6) is 0 Å². The molecule has 0 amide bonds. The molecule has 0 saturated heterocycles. The normalized spacial score (nSPS) is 10.8. The van der Waals surface area contributed by atoms with Gasteiger partial charge in [-0.15, -0.1) is 0 Å². The van der Waals surface area contributed by atoms with Gasteiger partial charge in [-0.1, -0.05) is 0 Å². The lowest BCUT2D eigenvalue weighted by Crippen LogP contribution is -2.18. The van der Waals surface area contributed by atoms with Crippen molar-refractivity contribution in [3.63, 3.8) is 0 Å². The maximum atomic E-state index is 11.0. The Kier molecular flexibility index (Phi) is 4.67. The number of ketones is 1. The lowest BCUT2D eigenvalue weighted by atomic mass is 10.2. The summed E-state index contributed by atoms with van der Waals surface area (Å²) in [6, 6.07) is 0. The summed E-state index contributed by atoms with van der Waals surface area (Å²) in [6.45, 7) is 1.53. The quantitative estimate of drug-likeness (QED) is 0.274. The van der Waals surface area contributed by atoms with E-state index >= 15 is 0 Å². The highest BCUT2D eigenvalue weighted by Crippen LogP contribution is 1.89. The maximum Gasteiger partial charge on any atom is 0.313 e. The van der Waals surface area contributed by atoms with Crippen molar-refractivity contribution in [2.45, 2.75) is 13.3 Å². The molecule has 0 bridgehead atoms. The van der Waals surface area contributed by atoms with Crippen molar-refractivity contribution in [1.29, 1.82) is 0 Å². The Bertz CT molecular complexity index is 211. The van der Waals surface area contributed by atoms with Crippen LogP contribution < -0.4 is 5.43 Å². The number of ether oxygens (including phenoxy) is 1. The molecular weight excluding hydrogens is 160 g/mol. The van der Waals surface area contributed by atoms with Crippen LogP contribution in [-0.2, 0) is 14.3 Å². The van der Waals surface area contributed by atoms with Crippen LogP contribution in [-0.4, -0.2) is 31.6 Å². The predicted octanol–water partition coefficient (Wildman–Crippen LogP) is -0.286. The molecule has 0 saturated carbocycles.